The third-order valence-electron chi connectivity index (χ3n) is 2.55. The molecule has 0 aromatic heterocycles. The molecule has 18 heavy (non-hydrogen) atoms. The predicted octanol–water partition coefficient (Wildman–Crippen LogP) is 1.32. The Morgan fingerprint density at radius 1 is 1.39 bits per heavy atom. The molecule has 1 amide bonds. The summed E-state index contributed by atoms with van der Waals surface area (Å²) in [6.45, 7) is 3.06. The molecule has 0 aliphatic heterocycles. The molecular weight excluding hydrogens is 302 g/mol. The van der Waals surface area contributed by atoms with E-state index in [0.717, 1.165) is 4.47 Å². The van der Waals surface area contributed by atoms with E-state index in [2.05, 4.69) is 21.2 Å². The smallest absolute Gasteiger partial charge is 0.328 e. The first-order valence-corrected chi connectivity index (χ1v) is 6.10. The summed E-state index contributed by atoms with van der Waals surface area (Å²) in [6, 6.07) is 3.74. The summed E-state index contributed by atoms with van der Waals surface area (Å²) in [5.74, 6) is -1.80. The van der Waals surface area contributed by atoms with Crippen molar-refractivity contribution in [2.75, 3.05) is 0 Å². The lowest BCUT2D eigenvalue weighted by atomic mass is 10.1. The van der Waals surface area contributed by atoms with Crippen LogP contribution in [0.3, 0.4) is 0 Å². The van der Waals surface area contributed by atoms with E-state index in [1.54, 1.807) is 25.1 Å². The van der Waals surface area contributed by atoms with Gasteiger partial charge in [0, 0.05) is 10.0 Å². The van der Waals surface area contributed by atoms with Crippen LogP contribution in [0.4, 0.5) is 0 Å². The number of hydrogen-bond donors (Lipinski definition) is 3. The Balaban J connectivity index is 2.94. The highest BCUT2D eigenvalue weighted by Crippen LogP contribution is 2.19. The fraction of sp³-hybridized carbons (Fsp3) is 0.333. The van der Waals surface area contributed by atoms with Crippen LogP contribution in [0.2, 0.25) is 0 Å². The number of aliphatic hydroxyl groups excluding tert-OH is 1. The third-order valence-corrected chi connectivity index (χ3v) is 3.41. The number of aliphatic carboxylic acids is 1. The van der Waals surface area contributed by atoms with Gasteiger partial charge in [-0.25, -0.2) is 4.79 Å². The molecule has 0 unspecified atom stereocenters. The molecule has 2 atom stereocenters. The number of benzene rings is 1. The number of amides is 1. The lowest BCUT2D eigenvalue weighted by Gasteiger charge is -2.17. The summed E-state index contributed by atoms with van der Waals surface area (Å²) < 4.78 is 0.763. The monoisotopic (exact) mass is 315 g/mol. The number of carbonyl (C=O) groups is 2. The molecule has 98 valence electrons. The highest BCUT2D eigenvalue weighted by molar-refractivity contribution is 9.10. The zero-order valence-electron chi connectivity index (χ0n) is 9.98. The van der Waals surface area contributed by atoms with Crippen molar-refractivity contribution in [3.63, 3.8) is 0 Å². The first-order chi connectivity index (χ1) is 8.34. The maximum atomic E-state index is 11.9. The number of halogens is 1. The van der Waals surface area contributed by atoms with Gasteiger partial charge in [0.1, 0.15) is 0 Å². The second-order valence-corrected chi connectivity index (χ2v) is 4.80. The van der Waals surface area contributed by atoms with Crippen LogP contribution in [0.15, 0.2) is 22.7 Å². The second kappa shape index (κ2) is 5.97. The van der Waals surface area contributed by atoms with E-state index in [1.807, 2.05) is 0 Å². The second-order valence-electron chi connectivity index (χ2n) is 3.94. The minimum absolute atomic E-state index is 0.372. The Kier molecular flexibility index (Phi) is 4.86. The van der Waals surface area contributed by atoms with Gasteiger partial charge in [0.25, 0.3) is 5.91 Å². The van der Waals surface area contributed by atoms with Crippen molar-refractivity contribution in [1.29, 1.82) is 0 Å². The number of carboxylic acid groups (broad SMARTS) is 1. The Morgan fingerprint density at radius 2 is 2.00 bits per heavy atom. The normalized spacial score (nSPS) is 13.8. The van der Waals surface area contributed by atoms with Crippen molar-refractivity contribution in [3.05, 3.63) is 33.8 Å². The van der Waals surface area contributed by atoms with E-state index >= 15 is 0 Å². The van der Waals surface area contributed by atoms with Crippen LogP contribution in [0.1, 0.15) is 22.8 Å². The standard InChI is InChI=1S/C12H14BrNO4/c1-6-8(4-3-5-9(6)13)11(16)14-10(7(2)15)12(17)18/h3-5,7,10,15H,1-2H3,(H,14,16)(H,17,18)/t7-,10+/m1/s1. The van der Waals surface area contributed by atoms with Crippen LogP contribution in [0, 0.1) is 6.92 Å². The third kappa shape index (κ3) is 3.30. The van der Waals surface area contributed by atoms with Gasteiger partial charge in [0.2, 0.25) is 0 Å². The number of aliphatic hydroxyl groups is 1. The fourth-order valence-corrected chi connectivity index (χ4v) is 1.83. The molecule has 3 N–H and O–H groups in total. The molecule has 0 saturated heterocycles. The molecule has 1 aromatic rings. The van der Waals surface area contributed by atoms with Gasteiger partial charge in [0.15, 0.2) is 6.04 Å². The number of carboxylic acids is 1. The minimum atomic E-state index is -1.32. The first-order valence-electron chi connectivity index (χ1n) is 5.31. The number of nitrogens with one attached hydrogen (secondary N) is 1. The minimum Gasteiger partial charge on any atom is -0.480 e. The molecule has 0 bridgehead atoms. The lowest BCUT2D eigenvalue weighted by molar-refractivity contribution is -0.141. The summed E-state index contributed by atoms with van der Waals surface area (Å²) in [7, 11) is 0. The van der Waals surface area contributed by atoms with E-state index in [0.29, 0.717) is 11.1 Å². The fourth-order valence-electron chi connectivity index (χ4n) is 1.46. The molecule has 1 rings (SSSR count). The Morgan fingerprint density at radius 3 is 2.50 bits per heavy atom. The van der Waals surface area contributed by atoms with Gasteiger partial charge in [-0.1, -0.05) is 22.0 Å². The molecule has 0 aliphatic carbocycles. The lowest BCUT2D eigenvalue weighted by Crippen LogP contribution is -2.47. The van der Waals surface area contributed by atoms with Crippen LogP contribution >= 0.6 is 15.9 Å². The Hall–Kier alpha value is -1.40. The summed E-state index contributed by atoms with van der Waals surface area (Å²) in [4.78, 5) is 22.8. The van der Waals surface area contributed by atoms with Crippen LogP contribution < -0.4 is 5.32 Å². The molecule has 0 heterocycles. The van der Waals surface area contributed by atoms with Gasteiger partial charge in [-0.15, -0.1) is 0 Å². The molecular formula is C12H14BrNO4. The maximum Gasteiger partial charge on any atom is 0.328 e. The van der Waals surface area contributed by atoms with Crippen molar-refractivity contribution < 1.29 is 19.8 Å². The van der Waals surface area contributed by atoms with Crippen molar-refractivity contribution in [3.8, 4) is 0 Å². The van der Waals surface area contributed by atoms with E-state index in [1.165, 1.54) is 6.92 Å². The zero-order valence-corrected chi connectivity index (χ0v) is 11.6. The molecule has 0 saturated carbocycles. The average Bonchev–Trinajstić information content (AvgIpc) is 2.28. The van der Waals surface area contributed by atoms with Gasteiger partial charge in [0.05, 0.1) is 6.10 Å². The molecule has 6 heteroatoms. The Bertz CT molecular complexity index is 473. The van der Waals surface area contributed by atoms with Crippen LogP contribution in [0.5, 0.6) is 0 Å². The summed E-state index contributed by atoms with van der Waals surface area (Å²) in [5.41, 5.74) is 1.08. The average molecular weight is 316 g/mol. The van der Waals surface area contributed by atoms with Crippen LogP contribution in [-0.2, 0) is 4.79 Å². The highest BCUT2D eigenvalue weighted by Gasteiger charge is 2.26. The van der Waals surface area contributed by atoms with Gasteiger partial charge in [-0.2, -0.15) is 0 Å². The van der Waals surface area contributed by atoms with Crippen LogP contribution in [0.25, 0.3) is 0 Å². The zero-order chi connectivity index (χ0) is 13.9. The van der Waals surface area contributed by atoms with Gasteiger partial charge >= 0.3 is 5.97 Å². The summed E-state index contributed by atoms with van der Waals surface area (Å²) in [5, 5.41) is 20.5. The summed E-state index contributed by atoms with van der Waals surface area (Å²) >= 11 is 3.29. The molecule has 5 nitrogen and oxygen atoms in total. The van der Waals surface area contributed by atoms with Crippen molar-refractivity contribution in [2.45, 2.75) is 26.0 Å². The SMILES string of the molecule is Cc1c(Br)cccc1C(=O)N[C@H](C(=O)O)[C@@H](C)O. The largest absolute Gasteiger partial charge is 0.480 e. The maximum absolute atomic E-state index is 11.9. The van der Waals surface area contributed by atoms with E-state index in [9.17, 15) is 14.7 Å². The molecule has 0 aliphatic rings. The predicted molar refractivity (Wildman–Crippen MR) is 69.4 cm³/mol. The Labute approximate surface area is 113 Å². The number of carbonyl (C=O) groups excluding carboxylic acids is 1. The van der Waals surface area contributed by atoms with Crippen molar-refractivity contribution in [2.24, 2.45) is 0 Å². The molecule has 1 aromatic carbocycles. The topological polar surface area (TPSA) is 86.6 Å². The van der Waals surface area contributed by atoms with Crippen LogP contribution in [-0.4, -0.2) is 34.2 Å². The molecule has 0 spiro atoms. The number of rotatable bonds is 4. The summed E-state index contributed by atoms with van der Waals surface area (Å²) in [6.07, 6.45) is -1.17. The van der Waals surface area contributed by atoms with Gasteiger partial charge in [-0.05, 0) is 31.5 Å². The van der Waals surface area contributed by atoms with E-state index in [-0.39, 0.29) is 0 Å². The molecule has 0 radical (unpaired) electrons. The van der Waals surface area contributed by atoms with E-state index in [4.69, 9.17) is 5.11 Å². The first kappa shape index (κ1) is 14.7. The molecule has 0 fully saturated rings. The number of hydrogen-bond acceptors (Lipinski definition) is 3. The van der Waals surface area contributed by atoms with Crippen molar-refractivity contribution in [1.82, 2.24) is 5.32 Å². The van der Waals surface area contributed by atoms with E-state index < -0.39 is 24.0 Å². The van der Waals surface area contributed by atoms with Gasteiger partial charge in [-0.3, -0.25) is 4.79 Å². The van der Waals surface area contributed by atoms with Gasteiger partial charge < -0.3 is 15.5 Å². The quantitative estimate of drug-likeness (QED) is 0.782. The van der Waals surface area contributed by atoms with Crippen molar-refractivity contribution >= 4 is 27.8 Å². The highest BCUT2D eigenvalue weighted by atomic mass is 79.9.